The molecule has 0 atom stereocenters. The molecule has 4 amide bonds. The summed E-state index contributed by atoms with van der Waals surface area (Å²) in [6, 6.07) is 8.65. The van der Waals surface area contributed by atoms with Gasteiger partial charge in [0.2, 0.25) is 5.91 Å². The molecule has 1 aromatic carbocycles. The van der Waals surface area contributed by atoms with Crippen LogP contribution in [0.3, 0.4) is 0 Å². The van der Waals surface area contributed by atoms with Crippen LogP contribution < -0.4 is 10.6 Å². The van der Waals surface area contributed by atoms with E-state index >= 15 is 0 Å². The number of carbonyl (C=O) groups is 3. The van der Waals surface area contributed by atoms with Crippen LogP contribution in [-0.2, 0) is 9.59 Å². The highest BCUT2D eigenvalue weighted by Crippen LogP contribution is 2.35. The molecular formula is C17H18N4O3S. The first kappa shape index (κ1) is 17.3. The molecule has 2 fully saturated rings. The summed E-state index contributed by atoms with van der Waals surface area (Å²) in [4.78, 5) is 38.8. The zero-order chi connectivity index (χ0) is 17.9. The Morgan fingerprint density at radius 3 is 2.76 bits per heavy atom. The fourth-order valence-electron chi connectivity index (χ4n) is 3.28. The minimum atomic E-state index is -0.808. The number of nitriles is 1. The lowest BCUT2D eigenvalue weighted by atomic mass is 9.98. The Labute approximate surface area is 149 Å². The van der Waals surface area contributed by atoms with Crippen molar-refractivity contribution in [2.45, 2.75) is 36.1 Å². The van der Waals surface area contributed by atoms with Gasteiger partial charge in [-0.3, -0.25) is 14.5 Å². The number of thioether (sulfide) groups is 1. The van der Waals surface area contributed by atoms with Gasteiger partial charge in [-0.25, -0.2) is 4.79 Å². The fraction of sp³-hybridized carbons (Fsp3) is 0.412. The molecule has 0 aromatic heterocycles. The van der Waals surface area contributed by atoms with Crippen LogP contribution in [0.4, 0.5) is 10.5 Å². The van der Waals surface area contributed by atoms with Crippen molar-refractivity contribution in [1.29, 1.82) is 5.26 Å². The lowest BCUT2D eigenvalue weighted by Gasteiger charge is -2.20. The second-order valence-corrected chi connectivity index (χ2v) is 7.12. The Morgan fingerprint density at radius 1 is 1.32 bits per heavy atom. The van der Waals surface area contributed by atoms with Gasteiger partial charge in [-0.1, -0.05) is 25.0 Å². The summed E-state index contributed by atoms with van der Waals surface area (Å²) in [5.74, 6) is -0.483. The fourth-order valence-corrected chi connectivity index (χ4v) is 3.95. The van der Waals surface area contributed by atoms with E-state index in [4.69, 9.17) is 5.26 Å². The van der Waals surface area contributed by atoms with Crippen LogP contribution in [0.15, 0.2) is 29.2 Å². The number of urea groups is 1. The van der Waals surface area contributed by atoms with Crippen LogP contribution in [0.25, 0.3) is 0 Å². The van der Waals surface area contributed by atoms with Crippen LogP contribution in [0.5, 0.6) is 0 Å². The molecule has 7 nitrogen and oxygen atoms in total. The number of rotatable bonds is 5. The smallest absolute Gasteiger partial charge is 0.324 e. The number of benzene rings is 1. The van der Waals surface area contributed by atoms with Crippen LogP contribution in [0, 0.1) is 11.3 Å². The molecule has 0 bridgehead atoms. The molecule has 1 aromatic rings. The highest BCUT2D eigenvalue weighted by Gasteiger charge is 2.52. The lowest BCUT2D eigenvalue weighted by molar-refractivity contribution is -0.133. The zero-order valence-corrected chi connectivity index (χ0v) is 14.4. The number of carbonyl (C=O) groups excluding carboxylic acids is 3. The van der Waals surface area contributed by atoms with Gasteiger partial charge in [0.05, 0.1) is 17.5 Å². The SMILES string of the molecule is N#CCSc1ccccc1NC(=O)CN1C(=O)NC2(CCCC2)C1=O. The molecule has 2 aliphatic rings. The Hall–Kier alpha value is -2.53. The number of hydrogen-bond donors (Lipinski definition) is 2. The predicted molar refractivity (Wildman–Crippen MR) is 92.9 cm³/mol. The largest absolute Gasteiger partial charge is 0.325 e. The summed E-state index contributed by atoms with van der Waals surface area (Å²) in [5.41, 5.74) is -0.242. The third kappa shape index (κ3) is 3.46. The number of nitrogens with one attached hydrogen (secondary N) is 2. The summed E-state index contributed by atoms with van der Waals surface area (Å²) in [5, 5.41) is 14.2. The van der Waals surface area contributed by atoms with Crippen molar-refractivity contribution in [3.05, 3.63) is 24.3 Å². The number of nitrogens with zero attached hydrogens (tertiary/aromatic N) is 2. The summed E-state index contributed by atoms with van der Waals surface area (Å²) in [6.45, 7) is -0.316. The van der Waals surface area contributed by atoms with Crippen LogP contribution in [0.1, 0.15) is 25.7 Å². The van der Waals surface area contributed by atoms with E-state index in [1.165, 1.54) is 11.8 Å². The number of anilines is 1. The van der Waals surface area contributed by atoms with Gasteiger partial charge in [0.15, 0.2) is 0 Å². The van der Waals surface area contributed by atoms with Gasteiger partial charge in [0, 0.05) is 4.90 Å². The summed E-state index contributed by atoms with van der Waals surface area (Å²) < 4.78 is 0. The van der Waals surface area contributed by atoms with Gasteiger partial charge in [-0.15, -0.1) is 11.8 Å². The van der Waals surface area contributed by atoms with Crippen LogP contribution in [-0.4, -0.2) is 40.6 Å². The molecule has 8 heteroatoms. The van der Waals surface area contributed by atoms with Gasteiger partial charge < -0.3 is 10.6 Å². The summed E-state index contributed by atoms with van der Waals surface area (Å²) >= 11 is 1.31. The molecule has 3 rings (SSSR count). The van der Waals surface area contributed by atoms with Crippen LogP contribution >= 0.6 is 11.8 Å². The van der Waals surface area contributed by atoms with E-state index in [2.05, 4.69) is 10.6 Å². The van der Waals surface area contributed by atoms with Gasteiger partial charge >= 0.3 is 6.03 Å². The third-order valence-electron chi connectivity index (χ3n) is 4.46. The molecule has 1 heterocycles. The van der Waals surface area contributed by atoms with Crippen molar-refractivity contribution in [3.63, 3.8) is 0 Å². The van der Waals surface area contributed by atoms with E-state index in [-0.39, 0.29) is 18.2 Å². The minimum absolute atomic E-state index is 0.266. The molecule has 0 radical (unpaired) electrons. The van der Waals surface area contributed by atoms with Crippen LogP contribution in [0.2, 0.25) is 0 Å². The van der Waals surface area contributed by atoms with E-state index in [0.717, 1.165) is 22.6 Å². The Kier molecular flexibility index (Phi) is 4.95. The number of hydrogen-bond acceptors (Lipinski definition) is 5. The van der Waals surface area contributed by atoms with E-state index in [1.807, 2.05) is 12.1 Å². The first-order chi connectivity index (χ1) is 12.1. The van der Waals surface area contributed by atoms with Crippen molar-refractivity contribution >= 4 is 35.3 Å². The minimum Gasteiger partial charge on any atom is -0.324 e. The van der Waals surface area contributed by atoms with Crippen molar-refractivity contribution in [2.75, 3.05) is 17.6 Å². The maximum atomic E-state index is 12.6. The molecule has 1 saturated carbocycles. The molecule has 25 heavy (non-hydrogen) atoms. The predicted octanol–water partition coefficient (Wildman–Crippen LogP) is 2.11. The molecular weight excluding hydrogens is 340 g/mol. The Morgan fingerprint density at radius 2 is 2.04 bits per heavy atom. The van der Waals surface area contributed by atoms with E-state index in [1.54, 1.807) is 18.2 Å². The topological polar surface area (TPSA) is 102 Å². The summed E-state index contributed by atoms with van der Waals surface area (Å²) in [6.07, 6.45) is 3.05. The molecule has 1 spiro atoms. The summed E-state index contributed by atoms with van der Waals surface area (Å²) in [7, 11) is 0. The molecule has 2 N–H and O–H groups in total. The second kappa shape index (κ2) is 7.15. The molecule has 1 aliphatic heterocycles. The number of para-hydroxylation sites is 1. The molecule has 0 unspecified atom stereocenters. The highest BCUT2D eigenvalue weighted by atomic mass is 32.2. The maximum absolute atomic E-state index is 12.6. The van der Waals surface area contributed by atoms with Gasteiger partial charge in [-0.2, -0.15) is 5.26 Å². The maximum Gasteiger partial charge on any atom is 0.325 e. The first-order valence-electron chi connectivity index (χ1n) is 8.08. The lowest BCUT2D eigenvalue weighted by Crippen LogP contribution is -2.44. The second-order valence-electron chi connectivity index (χ2n) is 6.10. The monoisotopic (exact) mass is 358 g/mol. The van der Waals surface area contributed by atoms with Crippen molar-refractivity contribution in [1.82, 2.24) is 10.2 Å². The van der Waals surface area contributed by atoms with Crippen molar-refractivity contribution in [3.8, 4) is 6.07 Å². The molecule has 1 aliphatic carbocycles. The third-order valence-corrected chi connectivity index (χ3v) is 5.40. The molecule has 130 valence electrons. The number of amides is 4. The number of imide groups is 1. The van der Waals surface area contributed by atoms with E-state index in [0.29, 0.717) is 18.5 Å². The Bertz CT molecular complexity index is 753. The normalized spacial score (nSPS) is 18.3. The van der Waals surface area contributed by atoms with Crippen molar-refractivity contribution in [2.24, 2.45) is 0 Å². The highest BCUT2D eigenvalue weighted by molar-refractivity contribution is 7.99. The standard InChI is InChI=1S/C17H18N4O3S/c18-9-10-25-13-6-2-1-5-12(13)19-14(22)11-21-15(23)17(20-16(21)24)7-3-4-8-17/h1-2,5-6H,3-4,7-8,10-11H2,(H,19,22)(H,20,24). The average Bonchev–Trinajstić information content (AvgIpc) is 3.15. The average molecular weight is 358 g/mol. The van der Waals surface area contributed by atoms with Gasteiger partial charge in [0.25, 0.3) is 5.91 Å². The molecule has 1 saturated heterocycles. The quantitative estimate of drug-likeness (QED) is 0.620. The van der Waals surface area contributed by atoms with Gasteiger partial charge in [0.1, 0.15) is 12.1 Å². The first-order valence-corrected chi connectivity index (χ1v) is 9.07. The van der Waals surface area contributed by atoms with E-state index in [9.17, 15) is 14.4 Å². The zero-order valence-electron chi connectivity index (χ0n) is 13.6. The Balaban J connectivity index is 1.66. The van der Waals surface area contributed by atoms with E-state index < -0.39 is 17.5 Å². The van der Waals surface area contributed by atoms with Crippen molar-refractivity contribution < 1.29 is 14.4 Å². The van der Waals surface area contributed by atoms with Gasteiger partial charge in [-0.05, 0) is 25.0 Å².